The maximum absolute atomic E-state index is 14.1. The zero-order valence-corrected chi connectivity index (χ0v) is 12.6. The molecule has 0 radical (unpaired) electrons. The Morgan fingerprint density at radius 3 is 2.91 bits per heavy atom. The largest absolute Gasteiger partial charge is 0.396 e. The summed E-state index contributed by atoms with van der Waals surface area (Å²) in [6.07, 6.45) is 1.51. The van der Waals surface area contributed by atoms with E-state index in [1.165, 1.54) is 6.07 Å². The summed E-state index contributed by atoms with van der Waals surface area (Å²) in [5.74, 6) is -0.972. The number of aliphatic hydroxyl groups is 1. The zero-order chi connectivity index (χ0) is 16.4. The number of rotatable bonds is 4. The second kappa shape index (κ2) is 6.18. The molecule has 0 unspecified atom stereocenters. The van der Waals surface area contributed by atoms with Crippen LogP contribution in [0, 0.1) is 12.7 Å². The van der Waals surface area contributed by atoms with Crippen LogP contribution < -0.4 is 5.32 Å². The minimum Gasteiger partial charge on any atom is -0.396 e. The summed E-state index contributed by atoms with van der Waals surface area (Å²) >= 11 is 0. The van der Waals surface area contributed by atoms with E-state index in [0.29, 0.717) is 10.9 Å². The van der Waals surface area contributed by atoms with Crippen LogP contribution in [0.2, 0.25) is 0 Å². The molecule has 0 bridgehead atoms. The minimum atomic E-state index is -0.535. The quantitative estimate of drug-likeness (QED) is 0.778. The predicted molar refractivity (Wildman–Crippen MR) is 86.1 cm³/mol. The summed E-state index contributed by atoms with van der Waals surface area (Å²) in [4.78, 5) is 11.6. The van der Waals surface area contributed by atoms with E-state index < -0.39 is 11.7 Å². The molecule has 1 aromatic heterocycles. The molecular weight excluding hydrogens is 297 g/mol. The van der Waals surface area contributed by atoms with Crippen LogP contribution in [0.4, 0.5) is 10.1 Å². The van der Waals surface area contributed by atoms with Crippen molar-refractivity contribution in [3.05, 3.63) is 54.0 Å². The monoisotopic (exact) mass is 313 g/mol. The third-order valence-corrected chi connectivity index (χ3v) is 3.52. The number of nitrogens with zero attached hydrogens (tertiary/aromatic N) is 2. The second-order valence-corrected chi connectivity index (χ2v) is 5.31. The van der Waals surface area contributed by atoms with Crippen LogP contribution in [0.3, 0.4) is 0 Å². The lowest BCUT2D eigenvalue weighted by atomic mass is 10.2. The molecule has 0 saturated carbocycles. The number of anilines is 1. The fraction of sp³-hybridized carbons (Fsp3) is 0.176. The standard InChI is InChI=1S/C17H16FN3O2/c1-11-3-2-4-13(7-11)21-16-9-15(20-17(23)5-6-22)14(18)8-12(16)10-19-21/h2-4,7-10,22H,5-6H2,1H3,(H,20,23). The SMILES string of the molecule is Cc1cccc(-n2ncc3cc(F)c(NC(=O)CCO)cc32)c1. The highest BCUT2D eigenvalue weighted by molar-refractivity contribution is 5.94. The van der Waals surface area contributed by atoms with Gasteiger partial charge in [0.25, 0.3) is 0 Å². The van der Waals surface area contributed by atoms with E-state index in [2.05, 4.69) is 10.4 Å². The van der Waals surface area contributed by atoms with Crippen molar-refractivity contribution in [2.45, 2.75) is 13.3 Å². The average molecular weight is 313 g/mol. The molecule has 0 spiro atoms. The fourth-order valence-electron chi connectivity index (χ4n) is 2.42. The highest BCUT2D eigenvalue weighted by Gasteiger charge is 2.12. The van der Waals surface area contributed by atoms with Gasteiger partial charge in [-0.05, 0) is 36.8 Å². The molecule has 6 heteroatoms. The van der Waals surface area contributed by atoms with Gasteiger partial charge in [-0.2, -0.15) is 5.10 Å². The number of aliphatic hydroxyl groups excluding tert-OH is 1. The molecule has 0 saturated heterocycles. The van der Waals surface area contributed by atoms with Gasteiger partial charge in [-0.3, -0.25) is 4.79 Å². The maximum Gasteiger partial charge on any atom is 0.226 e. The second-order valence-electron chi connectivity index (χ2n) is 5.31. The summed E-state index contributed by atoms with van der Waals surface area (Å²) in [6.45, 7) is 1.70. The first-order valence-electron chi connectivity index (χ1n) is 7.23. The van der Waals surface area contributed by atoms with Crippen LogP contribution in [0.15, 0.2) is 42.6 Å². The van der Waals surface area contributed by atoms with E-state index in [0.717, 1.165) is 11.3 Å². The lowest BCUT2D eigenvalue weighted by Gasteiger charge is -2.08. The van der Waals surface area contributed by atoms with Crippen LogP contribution in [0.5, 0.6) is 0 Å². The van der Waals surface area contributed by atoms with Gasteiger partial charge in [0, 0.05) is 5.39 Å². The van der Waals surface area contributed by atoms with E-state index in [1.54, 1.807) is 16.9 Å². The minimum absolute atomic E-state index is 0.0744. The van der Waals surface area contributed by atoms with E-state index in [4.69, 9.17) is 5.11 Å². The summed E-state index contributed by atoms with van der Waals surface area (Å²) in [5.41, 5.74) is 2.71. The van der Waals surface area contributed by atoms with Crippen LogP contribution in [-0.4, -0.2) is 27.4 Å². The van der Waals surface area contributed by atoms with Gasteiger partial charge in [-0.25, -0.2) is 9.07 Å². The number of carbonyl (C=O) groups is 1. The van der Waals surface area contributed by atoms with Gasteiger partial charge in [0.1, 0.15) is 5.82 Å². The molecular formula is C17H16FN3O2. The highest BCUT2D eigenvalue weighted by Crippen LogP contribution is 2.25. The van der Waals surface area contributed by atoms with Crippen molar-refractivity contribution in [1.29, 1.82) is 0 Å². The summed E-state index contributed by atoms with van der Waals surface area (Å²) in [5, 5.41) is 16.2. The van der Waals surface area contributed by atoms with Gasteiger partial charge >= 0.3 is 0 Å². The van der Waals surface area contributed by atoms with Gasteiger partial charge in [0.15, 0.2) is 0 Å². The van der Waals surface area contributed by atoms with Crippen LogP contribution in [0.1, 0.15) is 12.0 Å². The van der Waals surface area contributed by atoms with E-state index >= 15 is 0 Å². The number of halogens is 1. The molecule has 0 aliphatic rings. The van der Waals surface area contributed by atoms with Crippen molar-refractivity contribution in [2.75, 3.05) is 11.9 Å². The van der Waals surface area contributed by atoms with Gasteiger partial charge in [-0.15, -0.1) is 0 Å². The number of hydrogen-bond acceptors (Lipinski definition) is 3. The molecule has 2 aromatic carbocycles. The molecule has 118 valence electrons. The van der Waals surface area contributed by atoms with Crippen LogP contribution in [-0.2, 0) is 4.79 Å². The van der Waals surface area contributed by atoms with E-state index in [-0.39, 0.29) is 18.7 Å². The van der Waals surface area contributed by atoms with Crippen molar-refractivity contribution >= 4 is 22.5 Å². The number of aromatic nitrogens is 2. The summed E-state index contributed by atoms with van der Waals surface area (Å²) in [7, 11) is 0. The molecule has 2 N–H and O–H groups in total. The molecule has 1 heterocycles. The maximum atomic E-state index is 14.1. The number of hydrogen-bond donors (Lipinski definition) is 2. The lowest BCUT2D eigenvalue weighted by Crippen LogP contribution is -2.14. The zero-order valence-electron chi connectivity index (χ0n) is 12.6. The van der Waals surface area contributed by atoms with Gasteiger partial charge in [0.05, 0.1) is 36.1 Å². The van der Waals surface area contributed by atoms with Gasteiger partial charge in [0.2, 0.25) is 5.91 Å². The molecule has 0 fully saturated rings. The molecule has 23 heavy (non-hydrogen) atoms. The molecule has 5 nitrogen and oxygen atoms in total. The van der Waals surface area contributed by atoms with Crippen LogP contribution in [0.25, 0.3) is 16.6 Å². The van der Waals surface area contributed by atoms with Gasteiger partial charge < -0.3 is 10.4 Å². The molecule has 1 amide bonds. The van der Waals surface area contributed by atoms with Crippen molar-refractivity contribution in [2.24, 2.45) is 0 Å². The van der Waals surface area contributed by atoms with Crippen molar-refractivity contribution in [3.8, 4) is 5.69 Å². The Bertz CT molecular complexity index is 873. The topological polar surface area (TPSA) is 67.2 Å². The summed E-state index contributed by atoms with van der Waals surface area (Å²) < 4.78 is 15.8. The molecule has 0 aliphatic carbocycles. The van der Waals surface area contributed by atoms with Crippen molar-refractivity contribution in [1.82, 2.24) is 9.78 Å². The third-order valence-electron chi connectivity index (χ3n) is 3.52. The molecule has 3 rings (SSSR count). The Kier molecular flexibility index (Phi) is 4.08. The molecule has 0 aliphatic heterocycles. The lowest BCUT2D eigenvalue weighted by molar-refractivity contribution is -0.116. The Hall–Kier alpha value is -2.73. The first kappa shape index (κ1) is 15.2. The summed E-state index contributed by atoms with van der Waals surface area (Å²) in [6, 6.07) is 10.7. The number of aryl methyl sites for hydroxylation is 1. The van der Waals surface area contributed by atoms with E-state index in [9.17, 15) is 9.18 Å². The number of nitrogens with one attached hydrogen (secondary N) is 1. The first-order chi connectivity index (χ1) is 11.1. The Morgan fingerprint density at radius 1 is 1.35 bits per heavy atom. The highest BCUT2D eigenvalue weighted by atomic mass is 19.1. The number of fused-ring (bicyclic) bond motifs is 1. The van der Waals surface area contributed by atoms with Crippen molar-refractivity contribution < 1.29 is 14.3 Å². The normalized spacial score (nSPS) is 10.9. The Morgan fingerprint density at radius 2 is 2.17 bits per heavy atom. The molecule has 3 aromatic rings. The number of benzene rings is 2. The Balaban J connectivity index is 2.06. The van der Waals surface area contributed by atoms with Gasteiger partial charge in [-0.1, -0.05) is 12.1 Å². The first-order valence-corrected chi connectivity index (χ1v) is 7.23. The average Bonchev–Trinajstić information content (AvgIpc) is 2.90. The number of carbonyl (C=O) groups excluding carboxylic acids is 1. The fourth-order valence-corrected chi connectivity index (χ4v) is 2.42. The predicted octanol–water partition coefficient (Wildman–Crippen LogP) is 2.79. The molecule has 0 atom stereocenters. The Labute approximate surface area is 132 Å². The van der Waals surface area contributed by atoms with Crippen LogP contribution >= 0.6 is 0 Å². The van der Waals surface area contributed by atoms with E-state index in [1.807, 2.05) is 31.2 Å². The van der Waals surface area contributed by atoms with Crippen molar-refractivity contribution in [3.63, 3.8) is 0 Å². The number of amides is 1. The third kappa shape index (κ3) is 3.07. The smallest absolute Gasteiger partial charge is 0.226 e.